The SMILES string of the molecule is CC[C@@H](C(C)S(=O)(=O)C(C)(C)C)N1C(=O)[C@@H](CC(=O)O)O[C@H](c2cccc(Cl)c2)[C@H]1c1ccc(Cl)cc1. The molecular weight excluding hydrogens is 537 g/mol. The minimum atomic E-state index is -3.70. The van der Waals surface area contributed by atoms with E-state index in [4.69, 9.17) is 27.9 Å². The third-order valence-electron chi connectivity index (χ3n) is 6.84. The van der Waals surface area contributed by atoms with E-state index in [0.717, 1.165) is 0 Å². The number of ether oxygens (including phenoxy) is 1. The fourth-order valence-electron chi connectivity index (χ4n) is 4.88. The maximum Gasteiger partial charge on any atom is 0.306 e. The normalized spacial score (nSPS) is 22.5. The zero-order valence-electron chi connectivity index (χ0n) is 21.5. The molecule has 2 aromatic carbocycles. The summed E-state index contributed by atoms with van der Waals surface area (Å²) in [5.41, 5.74) is 1.32. The molecule has 1 aliphatic heterocycles. The van der Waals surface area contributed by atoms with Crippen molar-refractivity contribution in [2.75, 3.05) is 0 Å². The molecule has 1 heterocycles. The quantitative estimate of drug-likeness (QED) is 0.427. The molecule has 1 N–H and O–H groups in total. The number of nitrogens with zero attached hydrogens (tertiary/aromatic N) is 1. The van der Waals surface area contributed by atoms with Crippen LogP contribution in [0.25, 0.3) is 0 Å². The van der Waals surface area contributed by atoms with Crippen molar-refractivity contribution in [3.8, 4) is 0 Å². The fourth-order valence-corrected chi connectivity index (χ4v) is 7.06. The number of carboxylic acids is 1. The number of benzene rings is 2. The molecule has 2 aromatic rings. The van der Waals surface area contributed by atoms with Gasteiger partial charge < -0.3 is 14.7 Å². The van der Waals surface area contributed by atoms with Crippen molar-refractivity contribution in [3.63, 3.8) is 0 Å². The Balaban J connectivity index is 2.26. The second-order valence-electron chi connectivity index (χ2n) is 10.3. The first-order valence-electron chi connectivity index (χ1n) is 12.1. The van der Waals surface area contributed by atoms with Crippen LogP contribution in [0.4, 0.5) is 0 Å². The highest BCUT2D eigenvalue weighted by Crippen LogP contribution is 2.45. The molecule has 1 amide bonds. The number of carbonyl (C=O) groups is 2. The Morgan fingerprint density at radius 1 is 1.08 bits per heavy atom. The van der Waals surface area contributed by atoms with Crippen molar-refractivity contribution in [2.24, 2.45) is 0 Å². The number of rotatable bonds is 8. The van der Waals surface area contributed by atoms with Crippen molar-refractivity contribution in [2.45, 2.75) is 81.7 Å². The van der Waals surface area contributed by atoms with Gasteiger partial charge in [0.2, 0.25) is 0 Å². The molecule has 0 aliphatic carbocycles. The molecule has 5 atom stereocenters. The van der Waals surface area contributed by atoms with Crippen molar-refractivity contribution in [1.29, 1.82) is 0 Å². The number of carbonyl (C=O) groups excluding carboxylic acids is 1. The zero-order valence-corrected chi connectivity index (χ0v) is 23.8. The van der Waals surface area contributed by atoms with Gasteiger partial charge in [0, 0.05) is 16.1 Å². The van der Waals surface area contributed by atoms with Crippen molar-refractivity contribution in [1.82, 2.24) is 4.90 Å². The highest BCUT2D eigenvalue weighted by Gasteiger charge is 2.50. The summed E-state index contributed by atoms with van der Waals surface area (Å²) < 4.78 is 32.2. The van der Waals surface area contributed by atoms with Crippen molar-refractivity contribution in [3.05, 3.63) is 69.7 Å². The van der Waals surface area contributed by atoms with Gasteiger partial charge in [-0.05, 0) is 69.5 Å². The first kappa shape index (κ1) is 29.4. The van der Waals surface area contributed by atoms with E-state index in [1.54, 1.807) is 76.2 Å². The number of sulfone groups is 1. The summed E-state index contributed by atoms with van der Waals surface area (Å²) in [6.07, 6.45) is -2.34. The maximum atomic E-state index is 13.9. The van der Waals surface area contributed by atoms with Gasteiger partial charge in [-0.25, -0.2) is 8.42 Å². The summed E-state index contributed by atoms with van der Waals surface area (Å²) >= 11 is 12.4. The first-order chi connectivity index (χ1) is 17.2. The van der Waals surface area contributed by atoms with Crippen molar-refractivity contribution >= 4 is 44.9 Å². The molecule has 0 bridgehead atoms. The van der Waals surface area contributed by atoms with Gasteiger partial charge in [0.1, 0.15) is 12.2 Å². The Morgan fingerprint density at radius 3 is 2.22 bits per heavy atom. The third kappa shape index (κ3) is 6.14. The predicted octanol–water partition coefficient (Wildman–Crippen LogP) is 5.86. The minimum Gasteiger partial charge on any atom is -0.481 e. The topological polar surface area (TPSA) is 101 Å². The van der Waals surface area contributed by atoms with E-state index >= 15 is 0 Å². The minimum absolute atomic E-state index is 0.328. The smallest absolute Gasteiger partial charge is 0.306 e. The van der Waals surface area contributed by atoms with Crippen molar-refractivity contribution < 1.29 is 27.9 Å². The van der Waals surface area contributed by atoms with Gasteiger partial charge in [-0.2, -0.15) is 0 Å². The van der Waals surface area contributed by atoms with Crippen LogP contribution in [0.5, 0.6) is 0 Å². The number of morpholine rings is 1. The Morgan fingerprint density at radius 2 is 1.70 bits per heavy atom. The largest absolute Gasteiger partial charge is 0.481 e. The van der Waals surface area contributed by atoms with Crippen LogP contribution < -0.4 is 0 Å². The summed E-state index contributed by atoms with van der Waals surface area (Å²) in [4.78, 5) is 27.1. The van der Waals surface area contributed by atoms with Gasteiger partial charge in [-0.15, -0.1) is 0 Å². The van der Waals surface area contributed by atoms with Gasteiger partial charge in [-0.3, -0.25) is 9.59 Å². The van der Waals surface area contributed by atoms with Gasteiger partial charge in [0.15, 0.2) is 9.84 Å². The summed E-state index contributed by atoms with van der Waals surface area (Å²) in [7, 11) is -3.70. The molecule has 1 fully saturated rings. The maximum absolute atomic E-state index is 13.9. The van der Waals surface area contributed by atoms with Crippen LogP contribution in [0.15, 0.2) is 48.5 Å². The van der Waals surface area contributed by atoms with E-state index in [2.05, 4.69) is 0 Å². The number of carboxylic acid groups (broad SMARTS) is 1. The molecule has 202 valence electrons. The van der Waals surface area contributed by atoms with E-state index in [9.17, 15) is 23.1 Å². The van der Waals surface area contributed by atoms with E-state index in [-0.39, 0.29) is 0 Å². The summed E-state index contributed by atoms with van der Waals surface area (Å²) in [5, 5.41) is 9.56. The summed E-state index contributed by atoms with van der Waals surface area (Å²) in [5.74, 6) is -1.76. The fraction of sp³-hybridized carbons (Fsp3) is 0.481. The molecule has 37 heavy (non-hydrogen) atoms. The first-order valence-corrected chi connectivity index (χ1v) is 14.4. The number of hydrogen-bond donors (Lipinski definition) is 1. The lowest BCUT2D eigenvalue weighted by atomic mass is 9.89. The Bertz CT molecular complexity index is 1240. The zero-order chi connectivity index (χ0) is 27.7. The average Bonchev–Trinajstić information content (AvgIpc) is 2.81. The molecule has 0 aromatic heterocycles. The summed E-state index contributed by atoms with van der Waals surface area (Å²) in [6.45, 7) is 8.32. The van der Waals surface area contributed by atoms with Gasteiger partial charge >= 0.3 is 5.97 Å². The molecule has 3 rings (SSSR count). The van der Waals surface area contributed by atoms with Gasteiger partial charge in [-0.1, -0.05) is 54.4 Å². The second kappa shape index (κ2) is 11.3. The molecule has 7 nitrogen and oxygen atoms in total. The number of halogens is 2. The van der Waals surface area contributed by atoms with Crippen LogP contribution in [0.1, 0.15) is 70.7 Å². The van der Waals surface area contributed by atoms with Crippen LogP contribution in [-0.4, -0.2) is 52.4 Å². The van der Waals surface area contributed by atoms with E-state index < -0.39 is 62.4 Å². The lowest BCUT2D eigenvalue weighted by molar-refractivity contribution is -0.183. The Kier molecular flexibility index (Phi) is 9.00. The van der Waals surface area contributed by atoms with E-state index in [1.807, 2.05) is 6.92 Å². The van der Waals surface area contributed by atoms with Crippen LogP contribution >= 0.6 is 23.2 Å². The molecular formula is C27H33Cl2NO6S. The van der Waals surface area contributed by atoms with Crippen LogP contribution in [-0.2, 0) is 24.2 Å². The number of hydrogen-bond acceptors (Lipinski definition) is 5. The molecule has 1 unspecified atom stereocenters. The average molecular weight is 571 g/mol. The van der Waals surface area contributed by atoms with Crippen LogP contribution in [0.3, 0.4) is 0 Å². The Hall–Kier alpha value is -2.13. The van der Waals surface area contributed by atoms with E-state index in [0.29, 0.717) is 27.6 Å². The van der Waals surface area contributed by atoms with Crippen LogP contribution in [0, 0.1) is 0 Å². The predicted molar refractivity (Wildman–Crippen MR) is 145 cm³/mol. The Labute approximate surface area is 228 Å². The monoisotopic (exact) mass is 569 g/mol. The molecule has 1 aliphatic rings. The molecule has 10 heteroatoms. The lowest BCUT2D eigenvalue weighted by Gasteiger charge is -2.49. The second-order valence-corrected chi connectivity index (χ2v) is 14.2. The molecule has 1 saturated heterocycles. The highest BCUT2D eigenvalue weighted by molar-refractivity contribution is 7.93. The molecule has 0 spiro atoms. The molecule has 0 saturated carbocycles. The number of aliphatic carboxylic acids is 1. The highest BCUT2D eigenvalue weighted by atomic mass is 35.5. The standard InChI is InChI=1S/C27H33Cl2NO6S/c1-6-21(16(2)37(34,35)27(3,4)5)30-24(17-10-12-19(28)13-11-17)25(18-8-7-9-20(29)14-18)36-22(26(30)33)15-23(31)32/h7-14,16,21-22,24-25H,6,15H2,1-5H3,(H,31,32)/t16?,21-,22+,24+,25+/m0/s1. The molecule has 0 radical (unpaired) electrons. The lowest BCUT2D eigenvalue weighted by Crippen LogP contribution is -2.59. The van der Waals surface area contributed by atoms with Crippen LogP contribution in [0.2, 0.25) is 10.0 Å². The van der Waals surface area contributed by atoms with Gasteiger partial charge in [0.05, 0.1) is 22.5 Å². The summed E-state index contributed by atoms with van der Waals surface area (Å²) in [6, 6.07) is 12.4. The van der Waals surface area contributed by atoms with Gasteiger partial charge in [0.25, 0.3) is 5.91 Å². The number of amides is 1. The van der Waals surface area contributed by atoms with E-state index in [1.165, 1.54) is 4.90 Å². The third-order valence-corrected chi connectivity index (χ3v) is 10.3.